The first-order valence-corrected chi connectivity index (χ1v) is 19.6. The van der Waals surface area contributed by atoms with Crippen molar-refractivity contribution in [3.63, 3.8) is 0 Å². The molecule has 4 aromatic rings. The Morgan fingerprint density at radius 2 is 0.882 bits per heavy atom. The van der Waals surface area contributed by atoms with Crippen molar-refractivity contribution in [1.82, 2.24) is 0 Å². The Balaban J connectivity index is 0.000000276. The van der Waals surface area contributed by atoms with Gasteiger partial charge in [-0.1, -0.05) is 104 Å². The van der Waals surface area contributed by atoms with Gasteiger partial charge < -0.3 is 19.7 Å². The zero-order valence-corrected chi connectivity index (χ0v) is 32.1. The number of thioether (sulfide) groups is 2. The third-order valence-electron chi connectivity index (χ3n) is 8.61. The van der Waals surface area contributed by atoms with Crippen LogP contribution in [0.1, 0.15) is 80.0 Å². The molecule has 0 aliphatic heterocycles. The topological polar surface area (TPSA) is 93.1 Å². The van der Waals surface area contributed by atoms with Gasteiger partial charge in [0.05, 0.1) is 14.2 Å². The average molecular weight is 731 g/mol. The van der Waals surface area contributed by atoms with E-state index in [-0.39, 0.29) is 10.5 Å². The predicted octanol–water partition coefficient (Wildman–Crippen LogP) is 11.1. The fourth-order valence-corrected chi connectivity index (χ4v) is 7.68. The largest absolute Gasteiger partial charge is 0.496 e. The lowest BCUT2D eigenvalue weighted by atomic mass is 10.0. The van der Waals surface area contributed by atoms with Gasteiger partial charge in [-0.15, -0.1) is 23.5 Å². The van der Waals surface area contributed by atoms with Crippen molar-refractivity contribution in [1.29, 1.82) is 0 Å². The van der Waals surface area contributed by atoms with Crippen molar-refractivity contribution in [2.75, 3.05) is 14.2 Å². The number of hydrogen-bond donors (Lipinski definition) is 2. The molecule has 0 saturated heterocycles. The van der Waals surface area contributed by atoms with Crippen LogP contribution in [0.2, 0.25) is 0 Å². The van der Waals surface area contributed by atoms with E-state index in [1.54, 1.807) is 14.2 Å². The Morgan fingerprint density at radius 1 is 0.529 bits per heavy atom. The first-order chi connectivity index (χ1) is 24.7. The lowest BCUT2D eigenvalue weighted by Crippen LogP contribution is -2.16. The summed E-state index contributed by atoms with van der Waals surface area (Å²) in [7, 11) is 3.40. The molecule has 0 aromatic heterocycles. The quantitative estimate of drug-likeness (QED) is 0.0646. The van der Waals surface area contributed by atoms with Crippen molar-refractivity contribution in [3.8, 4) is 11.5 Å². The summed E-state index contributed by atoms with van der Waals surface area (Å²) in [5.74, 6) is 0.439. The number of benzene rings is 4. The van der Waals surface area contributed by atoms with E-state index in [0.717, 1.165) is 79.1 Å². The van der Waals surface area contributed by atoms with Gasteiger partial charge in [0.15, 0.2) is 0 Å². The molecular formula is C43H54O6S2. The van der Waals surface area contributed by atoms with Crippen LogP contribution in [0.15, 0.2) is 107 Å². The van der Waals surface area contributed by atoms with E-state index in [1.165, 1.54) is 45.8 Å². The summed E-state index contributed by atoms with van der Waals surface area (Å²) in [4.78, 5) is 25.1. The minimum Gasteiger partial charge on any atom is -0.496 e. The van der Waals surface area contributed by atoms with E-state index in [1.807, 2.05) is 98.8 Å². The Hall–Kier alpha value is -3.88. The number of para-hydroxylation sites is 2. The highest BCUT2D eigenvalue weighted by Gasteiger charge is 2.19. The molecular weight excluding hydrogens is 677 g/mol. The molecule has 0 radical (unpaired) electrons. The number of unbranched alkanes of at least 4 members (excludes halogenated alkanes) is 5. The zero-order chi connectivity index (χ0) is 36.8. The van der Waals surface area contributed by atoms with Crippen LogP contribution in [0.5, 0.6) is 11.5 Å². The van der Waals surface area contributed by atoms with E-state index < -0.39 is 11.9 Å². The third-order valence-corrected chi connectivity index (χ3v) is 11.1. The fourth-order valence-electron chi connectivity index (χ4n) is 5.67. The number of rotatable bonds is 21. The lowest BCUT2D eigenvalue weighted by Gasteiger charge is -2.12. The highest BCUT2D eigenvalue weighted by atomic mass is 32.2. The number of hydrogen-bond acceptors (Lipinski definition) is 6. The molecule has 0 amide bonds. The monoisotopic (exact) mass is 730 g/mol. The third kappa shape index (κ3) is 15.9. The number of ether oxygens (including phenoxy) is 2. The van der Waals surface area contributed by atoms with Crippen LogP contribution in [-0.2, 0) is 22.4 Å². The SMILES string of the molecule is COc1ccccc1CCCCCC(Sc1ccc(C)cc1)C(=O)O.COc1ccccc1CCCCCCC(Sc1ccc(C)cc1)C(=O)O. The first-order valence-electron chi connectivity index (χ1n) is 17.9. The number of carboxylic acids is 2. The van der Waals surface area contributed by atoms with Crippen LogP contribution < -0.4 is 9.47 Å². The maximum atomic E-state index is 11.5. The highest BCUT2D eigenvalue weighted by Crippen LogP contribution is 2.29. The molecule has 0 aliphatic rings. The van der Waals surface area contributed by atoms with E-state index in [9.17, 15) is 19.8 Å². The fraction of sp³-hybridized carbons (Fsp3) is 0.395. The molecule has 0 aliphatic carbocycles. The second-order valence-corrected chi connectivity index (χ2v) is 15.2. The second-order valence-electron chi connectivity index (χ2n) is 12.7. The molecule has 4 rings (SSSR count). The molecule has 0 heterocycles. The van der Waals surface area contributed by atoms with Gasteiger partial charge in [-0.25, -0.2) is 0 Å². The number of aliphatic carboxylic acids is 2. The minimum atomic E-state index is -0.727. The van der Waals surface area contributed by atoms with E-state index in [2.05, 4.69) is 12.1 Å². The summed E-state index contributed by atoms with van der Waals surface area (Å²) in [6.45, 7) is 4.07. The molecule has 8 heteroatoms. The lowest BCUT2D eigenvalue weighted by molar-refractivity contribution is -0.137. The summed E-state index contributed by atoms with van der Waals surface area (Å²) in [6.07, 6.45) is 10.6. The number of carboxylic acid groups (broad SMARTS) is 2. The van der Waals surface area contributed by atoms with E-state index >= 15 is 0 Å². The molecule has 274 valence electrons. The van der Waals surface area contributed by atoms with Gasteiger partial charge in [0.2, 0.25) is 0 Å². The number of aryl methyl sites for hydroxylation is 4. The minimum absolute atomic E-state index is 0.369. The van der Waals surface area contributed by atoms with Gasteiger partial charge in [-0.05, 0) is 99.9 Å². The molecule has 4 aromatic carbocycles. The highest BCUT2D eigenvalue weighted by molar-refractivity contribution is 8.00. The summed E-state index contributed by atoms with van der Waals surface area (Å²) in [5, 5.41) is 18.2. The van der Waals surface area contributed by atoms with Crippen molar-refractivity contribution < 1.29 is 29.3 Å². The van der Waals surface area contributed by atoms with Gasteiger partial charge in [-0.3, -0.25) is 9.59 Å². The smallest absolute Gasteiger partial charge is 0.316 e. The van der Waals surface area contributed by atoms with E-state index in [0.29, 0.717) is 12.8 Å². The maximum Gasteiger partial charge on any atom is 0.316 e. The van der Waals surface area contributed by atoms with Gasteiger partial charge in [-0.2, -0.15) is 0 Å². The van der Waals surface area contributed by atoms with Crippen LogP contribution in [0, 0.1) is 13.8 Å². The molecule has 0 bridgehead atoms. The first kappa shape index (κ1) is 41.5. The van der Waals surface area contributed by atoms with Crippen LogP contribution in [-0.4, -0.2) is 46.9 Å². The summed E-state index contributed by atoms with van der Waals surface area (Å²) in [5.41, 5.74) is 4.84. The summed E-state index contributed by atoms with van der Waals surface area (Å²) < 4.78 is 10.7. The standard InChI is InChI=1S/C22H28O3S.C21H26O3S/c1-17-13-15-19(16-14-17)26-21(22(23)24)12-6-4-3-5-9-18-10-7-8-11-20(18)25-2;1-16-12-14-18(15-13-16)25-20(21(22)23)11-5-3-4-8-17-9-6-7-10-19(17)24-2/h7-8,10-11,13-16,21H,3-6,9,12H2,1-2H3,(H,23,24);6-7,9-10,12-15,20H,3-5,8,11H2,1-2H3,(H,22,23). The van der Waals surface area contributed by atoms with Crippen LogP contribution in [0.3, 0.4) is 0 Å². The number of carbonyl (C=O) groups is 2. The van der Waals surface area contributed by atoms with Gasteiger partial charge in [0.1, 0.15) is 22.0 Å². The molecule has 6 nitrogen and oxygen atoms in total. The van der Waals surface area contributed by atoms with Gasteiger partial charge in [0.25, 0.3) is 0 Å². The van der Waals surface area contributed by atoms with Gasteiger partial charge >= 0.3 is 11.9 Å². The van der Waals surface area contributed by atoms with Crippen molar-refractivity contribution in [3.05, 3.63) is 119 Å². The van der Waals surface area contributed by atoms with Crippen molar-refractivity contribution in [2.24, 2.45) is 0 Å². The van der Waals surface area contributed by atoms with Crippen molar-refractivity contribution >= 4 is 35.5 Å². The summed E-state index contributed by atoms with van der Waals surface area (Å²) in [6, 6.07) is 32.3. The van der Waals surface area contributed by atoms with Crippen molar-refractivity contribution in [2.45, 2.75) is 105 Å². The second kappa shape index (κ2) is 23.6. The molecule has 2 unspecified atom stereocenters. The zero-order valence-electron chi connectivity index (χ0n) is 30.5. The molecule has 51 heavy (non-hydrogen) atoms. The molecule has 0 fully saturated rings. The summed E-state index contributed by atoms with van der Waals surface area (Å²) >= 11 is 2.90. The number of methoxy groups -OCH3 is 2. The predicted molar refractivity (Wildman–Crippen MR) is 212 cm³/mol. The van der Waals surface area contributed by atoms with Crippen LogP contribution in [0.4, 0.5) is 0 Å². The normalized spacial score (nSPS) is 11.9. The van der Waals surface area contributed by atoms with Crippen LogP contribution in [0.25, 0.3) is 0 Å². The molecule has 2 N–H and O–H groups in total. The average Bonchev–Trinajstić information content (AvgIpc) is 3.14. The maximum absolute atomic E-state index is 11.5. The Kier molecular flexibility index (Phi) is 19.2. The Bertz CT molecular complexity index is 1590. The van der Waals surface area contributed by atoms with Crippen LogP contribution >= 0.6 is 23.5 Å². The molecule has 0 spiro atoms. The Labute approximate surface area is 313 Å². The van der Waals surface area contributed by atoms with Gasteiger partial charge in [0, 0.05) is 9.79 Å². The molecule has 0 saturated carbocycles. The Morgan fingerprint density at radius 3 is 1.25 bits per heavy atom. The van der Waals surface area contributed by atoms with E-state index in [4.69, 9.17) is 9.47 Å². The molecule has 2 atom stereocenters.